The summed E-state index contributed by atoms with van der Waals surface area (Å²) in [5.41, 5.74) is 3.32. The first kappa shape index (κ1) is 17.1. The quantitative estimate of drug-likeness (QED) is 0.569. The molecule has 2 aromatic carbocycles. The first-order valence-corrected chi connectivity index (χ1v) is 8.86. The summed E-state index contributed by atoms with van der Waals surface area (Å²) in [6.07, 6.45) is 0.213. The van der Waals surface area contributed by atoms with Crippen LogP contribution in [0.5, 0.6) is 0 Å². The van der Waals surface area contributed by atoms with Gasteiger partial charge in [-0.25, -0.2) is 0 Å². The zero-order valence-electron chi connectivity index (χ0n) is 15.2. The molecule has 0 aliphatic heterocycles. The summed E-state index contributed by atoms with van der Waals surface area (Å²) in [6, 6.07) is 19.2. The van der Waals surface area contributed by atoms with E-state index in [1.165, 1.54) is 0 Å². The molecule has 4 aromatic rings. The Balaban J connectivity index is 1.65. The molecule has 2 aromatic heterocycles. The lowest BCUT2D eigenvalue weighted by Gasteiger charge is -2.17. The van der Waals surface area contributed by atoms with Crippen molar-refractivity contribution in [3.05, 3.63) is 89.0 Å². The first-order chi connectivity index (χ1) is 13.1. The van der Waals surface area contributed by atoms with Crippen molar-refractivity contribution in [2.75, 3.05) is 0 Å². The highest BCUT2D eigenvalue weighted by Crippen LogP contribution is 2.28. The third-order valence-corrected chi connectivity index (χ3v) is 4.69. The van der Waals surface area contributed by atoms with Crippen molar-refractivity contribution in [3.63, 3.8) is 0 Å². The molecule has 0 aliphatic rings. The lowest BCUT2D eigenvalue weighted by molar-refractivity contribution is -0.121. The summed E-state index contributed by atoms with van der Waals surface area (Å²) >= 11 is 0. The summed E-state index contributed by atoms with van der Waals surface area (Å²) in [7, 11) is 0. The maximum atomic E-state index is 12.8. The largest absolute Gasteiger partial charge is 0.459 e. The van der Waals surface area contributed by atoms with Gasteiger partial charge in [0.1, 0.15) is 23.1 Å². The van der Waals surface area contributed by atoms with Crippen molar-refractivity contribution in [2.24, 2.45) is 0 Å². The molecule has 5 heteroatoms. The van der Waals surface area contributed by atoms with Gasteiger partial charge in [0, 0.05) is 10.9 Å². The Morgan fingerprint density at radius 1 is 1.07 bits per heavy atom. The van der Waals surface area contributed by atoms with E-state index in [0.717, 1.165) is 27.8 Å². The molecule has 2 heterocycles. The van der Waals surface area contributed by atoms with Crippen LogP contribution in [0.3, 0.4) is 0 Å². The molecule has 1 atom stereocenters. The number of furan rings is 1. The number of fused-ring (bicyclic) bond motifs is 1. The number of benzene rings is 2. The number of amides is 1. The van der Waals surface area contributed by atoms with Crippen LogP contribution in [-0.4, -0.2) is 11.1 Å². The second kappa shape index (κ2) is 7.11. The van der Waals surface area contributed by atoms with Crippen LogP contribution in [0.4, 0.5) is 0 Å². The Bertz CT molecular complexity index is 1030. The average Bonchev–Trinajstić information content (AvgIpc) is 3.25. The zero-order chi connectivity index (χ0) is 18.8. The number of hydrogen-bond donors (Lipinski definition) is 1. The van der Waals surface area contributed by atoms with Gasteiger partial charge < -0.3 is 14.3 Å². The van der Waals surface area contributed by atoms with Crippen molar-refractivity contribution >= 4 is 16.9 Å². The first-order valence-electron chi connectivity index (χ1n) is 8.86. The molecule has 1 N–H and O–H groups in total. The molecular formula is C22H20N2O3. The number of hydrogen-bond acceptors (Lipinski definition) is 4. The lowest BCUT2D eigenvalue weighted by Crippen LogP contribution is -2.30. The number of nitrogens with zero attached hydrogens (tertiary/aromatic N) is 1. The molecule has 27 heavy (non-hydrogen) atoms. The summed E-state index contributed by atoms with van der Waals surface area (Å²) in [4.78, 5) is 12.8. The molecule has 1 amide bonds. The predicted octanol–water partition coefficient (Wildman–Crippen LogP) is 4.49. The molecule has 1 unspecified atom stereocenters. The van der Waals surface area contributed by atoms with Gasteiger partial charge in [-0.3, -0.25) is 4.79 Å². The third kappa shape index (κ3) is 3.49. The fourth-order valence-corrected chi connectivity index (χ4v) is 3.24. The fraction of sp³-hybridized carbons (Fsp3) is 0.182. The summed E-state index contributed by atoms with van der Waals surface area (Å²) in [5.74, 6) is 1.26. The number of carbonyl (C=O) groups is 1. The van der Waals surface area contributed by atoms with Crippen LogP contribution in [0.25, 0.3) is 11.0 Å². The highest BCUT2D eigenvalue weighted by molar-refractivity contribution is 5.81. The van der Waals surface area contributed by atoms with Crippen molar-refractivity contribution < 1.29 is 13.7 Å². The van der Waals surface area contributed by atoms with E-state index in [1.807, 2.05) is 74.5 Å². The maximum Gasteiger partial charge on any atom is 0.225 e. The van der Waals surface area contributed by atoms with Crippen LogP contribution < -0.4 is 5.32 Å². The summed E-state index contributed by atoms with van der Waals surface area (Å²) < 4.78 is 11.2. The van der Waals surface area contributed by atoms with Gasteiger partial charge in [0.05, 0.1) is 12.1 Å². The monoisotopic (exact) mass is 360 g/mol. The van der Waals surface area contributed by atoms with Crippen LogP contribution >= 0.6 is 0 Å². The van der Waals surface area contributed by atoms with Gasteiger partial charge in [0.25, 0.3) is 0 Å². The number of aryl methyl sites for hydroxylation is 2. The molecule has 0 saturated heterocycles. The minimum absolute atomic E-state index is 0.112. The molecular weight excluding hydrogens is 340 g/mol. The van der Waals surface area contributed by atoms with Gasteiger partial charge in [-0.05, 0) is 31.5 Å². The molecule has 0 fully saturated rings. The van der Waals surface area contributed by atoms with Crippen LogP contribution in [-0.2, 0) is 11.2 Å². The molecule has 0 bridgehead atoms. The summed E-state index contributed by atoms with van der Waals surface area (Å²) in [6.45, 7) is 3.66. The fourth-order valence-electron chi connectivity index (χ4n) is 3.24. The number of nitrogens with one attached hydrogen (secondary N) is 1. The van der Waals surface area contributed by atoms with Gasteiger partial charge in [-0.15, -0.1) is 0 Å². The van der Waals surface area contributed by atoms with Gasteiger partial charge in [0.2, 0.25) is 5.91 Å². The average molecular weight is 360 g/mol. The van der Waals surface area contributed by atoms with Crippen molar-refractivity contribution in [3.8, 4) is 0 Å². The van der Waals surface area contributed by atoms with E-state index in [9.17, 15) is 4.79 Å². The smallest absolute Gasteiger partial charge is 0.225 e. The van der Waals surface area contributed by atoms with E-state index >= 15 is 0 Å². The second-order valence-corrected chi connectivity index (χ2v) is 6.58. The van der Waals surface area contributed by atoms with Crippen LogP contribution in [0, 0.1) is 13.8 Å². The van der Waals surface area contributed by atoms with Gasteiger partial charge in [0.15, 0.2) is 0 Å². The van der Waals surface area contributed by atoms with Crippen molar-refractivity contribution in [2.45, 2.75) is 26.3 Å². The lowest BCUT2D eigenvalue weighted by atomic mass is 10.0. The van der Waals surface area contributed by atoms with Crippen LogP contribution in [0.2, 0.25) is 0 Å². The molecule has 0 saturated carbocycles. The SMILES string of the molecule is Cc1noc(C)c1CC(=O)NC(c1ccccc1)c1cc2ccccc2o1. The topological polar surface area (TPSA) is 68.3 Å². The van der Waals surface area contributed by atoms with Gasteiger partial charge in [-0.2, -0.15) is 0 Å². The highest BCUT2D eigenvalue weighted by Gasteiger charge is 2.22. The Hall–Kier alpha value is -3.34. The Kier molecular flexibility index (Phi) is 4.50. The number of para-hydroxylation sites is 1. The van der Waals surface area contributed by atoms with E-state index in [1.54, 1.807) is 0 Å². The summed E-state index contributed by atoms with van der Waals surface area (Å²) in [5, 5.41) is 8.03. The van der Waals surface area contributed by atoms with Gasteiger partial charge >= 0.3 is 0 Å². The number of carbonyl (C=O) groups excluding carboxylic acids is 1. The Labute approximate surface area is 157 Å². The van der Waals surface area contributed by atoms with E-state index in [4.69, 9.17) is 8.94 Å². The predicted molar refractivity (Wildman–Crippen MR) is 102 cm³/mol. The molecule has 4 rings (SSSR count). The molecule has 0 radical (unpaired) electrons. The maximum absolute atomic E-state index is 12.8. The van der Waals surface area contributed by atoms with E-state index in [-0.39, 0.29) is 18.4 Å². The van der Waals surface area contributed by atoms with E-state index in [2.05, 4.69) is 10.5 Å². The minimum Gasteiger partial charge on any atom is -0.459 e. The van der Waals surface area contributed by atoms with Crippen LogP contribution in [0.15, 0.2) is 69.6 Å². The highest BCUT2D eigenvalue weighted by atomic mass is 16.5. The standard InChI is InChI=1S/C22H20N2O3/c1-14-18(15(2)27-24-14)13-21(25)23-22(16-8-4-3-5-9-16)20-12-17-10-6-7-11-19(17)26-20/h3-12,22H,13H2,1-2H3,(H,23,25). The normalized spacial score (nSPS) is 12.2. The number of rotatable bonds is 5. The molecule has 136 valence electrons. The van der Waals surface area contributed by atoms with E-state index in [0.29, 0.717) is 11.5 Å². The third-order valence-electron chi connectivity index (χ3n) is 4.69. The molecule has 5 nitrogen and oxygen atoms in total. The Morgan fingerprint density at radius 2 is 1.81 bits per heavy atom. The zero-order valence-corrected chi connectivity index (χ0v) is 15.2. The molecule has 0 spiro atoms. The minimum atomic E-state index is -0.369. The Morgan fingerprint density at radius 3 is 2.52 bits per heavy atom. The van der Waals surface area contributed by atoms with Crippen LogP contribution in [0.1, 0.15) is 34.4 Å². The number of aromatic nitrogens is 1. The van der Waals surface area contributed by atoms with Crippen molar-refractivity contribution in [1.82, 2.24) is 10.5 Å². The van der Waals surface area contributed by atoms with Crippen molar-refractivity contribution in [1.29, 1.82) is 0 Å². The van der Waals surface area contributed by atoms with E-state index < -0.39 is 0 Å². The molecule has 0 aliphatic carbocycles. The second-order valence-electron chi connectivity index (χ2n) is 6.58. The van der Waals surface area contributed by atoms with Gasteiger partial charge in [-0.1, -0.05) is 53.7 Å².